The summed E-state index contributed by atoms with van der Waals surface area (Å²) in [5.41, 5.74) is 5.10. The second kappa shape index (κ2) is 6.58. The lowest BCUT2D eigenvalue weighted by molar-refractivity contribution is -0.384. The van der Waals surface area contributed by atoms with Crippen molar-refractivity contribution in [3.63, 3.8) is 0 Å². The van der Waals surface area contributed by atoms with Crippen LogP contribution in [0, 0.1) is 10.1 Å². The molecule has 0 aliphatic rings. The van der Waals surface area contributed by atoms with Gasteiger partial charge in [0.05, 0.1) is 12.0 Å². The number of unbranched alkanes of at least 4 members (excludes halogenated alkanes) is 1. The first-order chi connectivity index (χ1) is 9.01. The van der Waals surface area contributed by atoms with Crippen molar-refractivity contribution in [2.24, 2.45) is 0 Å². The molecular formula is C12H16N2O5. The van der Waals surface area contributed by atoms with Crippen molar-refractivity contribution in [1.82, 2.24) is 0 Å². The van der Waals surface area contributed by atoms with Gasteiger partial charge in [0.25, 0.3) is 5.69 Å². The molecule has 7 nitrogen and oxygen atoms in total. The zero-order valence-corrected chi connectivity index (χ0v) is 10.8. The maximum absolute atomic E-state index is 11.6. The Bertz CT molecular complexity index is 487. The van der Waals surface area contributed by atoms with Crippen molar-refractivity contribution in [1.29, 1.82) is 0 Å². The molecular weight excluding hydrogens is 252 g/mol. The number of carbonyl (C=O) groups is 1. The summed E-state index contributed by atoms with van der Waals surface area (Å²) in [6, 6.07) is 2.55. The van der Waals surface area contributed by atoms with Crippen LogP contribution in [0.3, 0.4) is 0 Å². The normalized spacial score (nSPS) is 10.0. The van der Waals surface area contributed by atoms with E-state index in [9.17, 15) is 14.9 Å². The third-order valence-corrected chi connectivity index (χ3v) is 2.50. The summed E-state index contributed by atoms with van der Waals surface area (Å²) in [5, 5.41) is 10.8. The maximum Gasteiger partial charge on any atom is 0.311 e. The highest BCUT2D eigenvalue weighted by molar-refractivity contribution is 5.79. The number of hydrogen-bond donors (Lipinski definition) is 1. The number of nitrogens with zero attached hydrogens (tertiary/aromatic N) is 1. The number of nitrogen functional groups attached to an aromatic ring is 1. The molecule has 2 N–H and O–H groups in total. The van der Waals surface area contributed by atoms with Crippen molar-refractivity contribution >= 4 is 17.3 Å². The van der Waals surface area contributed by atoms with Crippen LogP contribution in [0.1, 0.15) is 26.2 Å². The number of anilines is 1. The average Bonchev–Trinajstić information content (AvgIpc) is 2.38. The lowest BCUT2D eigenvalue weighted by Gasteiger charge is -2.11. The molecule has 0 saturated heterocycles. The zero-order valence-electron chi connectivity index (χ0n) is 10.8. The van der Waals surface area contributed by atoms with Crippen LogP contribution >= 0.6 is 0 Å². The standard InChI is InChI=1S/C12H16N2O5/c1-3-4-5-10(15)19-12-9(18-2)7-6-8(11(12)13)14(16)17/h6-7H,3-5,13H2,1-2H3. The minimum absolute atomic E-state index is 0.0993. The first-order valence-electron chi connectivity index (χ1n) is 5.82. The van der Waals surface area contributed by atoms with Gasteiger partial charge in [-0.2, -0.15) is 0 Å². The monoisotopic (exact) mass is 268 g/mol. The molecule has 0 heterocycles. The molecule has 7 heteroatoms. The summed E-state index contributed by atoms with van der Waals surface area (Å²) in [7, 11) is 1.37. The molecule has 0 bridgehead atoms. The SMILES string of the molecule is CCCCC(=O)Oc1c(OC)ccc([N+](=O)[O-])c1N. The quantitative estimate of drug-likeness (QED) is 0.279. The molecule has 0 radical (unpaired) electrons. The average molecular weight is 268 g/mol. The van der Waals surface area contributed by atoms with Gasteiger partial charge in [0.15, 0.2) is 11.4 Å². The van der Waals surface area contributed by atoms with Crippen LogP contribution in [0.25, 0.3) is 0 Å². The Hall–Kier alpha value is -2.31. The second-order valence-corrected chi connectivity index (χ2v) is 3.86. The number of esters is 1. The van der Waals surface area contributed by atoms with Crippen molar-refractivity contribution in [3.05, 3.63) is 22.2 Å². The van der Waals surface area contributed by atoms with E-state index in [0.29, 0.717) is 6.42 Å². The van der Waals surface area contributed by atoms with Crippen LogP contribution < -0.4 is 15.2 Å². The van der Waals surface area contributed by atoms with Gasteiger partial charge >= 0.3 is 5.97 Å². The van der Waals surface area contributed by atoms with Crippen LogP contribution in [0.15, 0.2) is 12.1 Å². The first-order valence-corrected chi connectivity index (χ1v) is 5.82. The molecule has 104 valence electrons. The lowest BCUT2D eigenvalue weighted by Crippen LogP contribution is -2.10. The lowest BCUT2D eigenvalue weighted by atomic mass is 10.2. The molecule has 0 aromatic heterocycles. The van der Waals surface area contributed by atoms with Gasteiger partial charge in [0.2, 0.25) is 5.75 Å². The number of nitro benzene ring substituents is 1. The summed E-state index contributed by atoms with van der Waals surface area (Å²) in [4.78, 5) is 21.7. The second-order valence-electron chi connectivity index (χ2n) is 3.86. The Balaban J connectivity index is 3.06. The van der Waals surface area contributed by atoms with Gasteiger partial charge in [-0.15, -0.1) is 0 Å². The fourth-order valence-corrected chi connectivity index (χ4v) is 1.48. The molecule has 0 fully saturated rings. The molecule has 1 aromatic carbocycles. The molecule has 0 aliphatic carbocycles. The maximum atomic E-state index is 11.6. The highest BCUT2D eigenvalue weighted by Crippen LogP contribution is 2.39. The van der Waals surface area contributed by atoms with Crippen molar-refractivity contribution in [2.75, 3.05) is 12.8 Å². The molecule has 19 heavy (non-hydrogen) atoms. The third kappa shape index (κ3) is 3.57. The van der Waals surface area contributed by atoms with E-state index in [1.54, 1.807) is 0 Å². The van der Waals surface area contributed by atoms with E-state index in [2.05, 4.69) is 0 Å². The number of methoxy groups -OCH3 is 1. The molecule has 1 aromatic rings. The highest BCUT2D eigenvalue weighted by Gasteiger charge is 2.22. The molecule has 0 amide bonds. The minimum Gasteiger partial charge on any atom is -0.493 e. The van der Waals surface area contributed by atoms with E-state index in [-0.39, 0.29) is 29.3 Å². The van der Waals surface area contributed by atoms with Gasteiger partial charge in [0, 0.05) is 12.5 Å². The Morgan fingerprint density at radius 1 is 1.47 bits per heavy atom. The van der Waals surface area contributed by atoms with Gasteiger partial charge in [-0.25, -0.2) is 0 Å². The van der Waals surface area contributed by atoms with Crippen LogP contribution in [0.5, 0.6) is 11.5 Å². The predicted octanol–water partition coefficient (Wildman–Crippen LogP) is 2.28. The van der Waals surface area contributed by atoms with Gasteiger partial charge in [-0.3, -0.25) is 14.9 Å². The highest BCUT2D eigenvalue weighted by atomic mass is 16.6. The topological polar surface area (TPSA) is 105 Å². The van der Waals surface area contributed by atoms with Crippen LogP contribution in [-0.4, -0.2) is 18.0 Å². The van der Waals surface area contributed by atoms with E-state index in [4.69, 9.17) is 15.2 Å². The van der Waals surface area contributed by atoms with Crippen molar-refractivity contribution < 1.29 is 19.2 Å². The first kappa shape index (κ1) is 14.7. The number of ether oxygens (including phenoxy) is 2. The van der Waals surface area contributed by atoms with E-state index < -0.39 is 10.9 Å². The summed E-state index contributed by atoms with van der Waals surface area (Å²) >= 11 is 0. The van der Waals surface area contributed by atoms with Gasteiger partial charge in [-0.05, 0) is 12.5 Å². The van der Waals surface area contributed by atoms with Gasteiger partial charge in [0.1, 0.15) is 0 Å². The zero-order chi connectivity index (χ0) is 14.4. The van der Waals surface area contributed by atoms with E-state index in [1.165, 1.54) is 19.2 Å². The Kier molecular flexibility index (Phi) is 5.11. The van der Waals surface area contributed by atoms with Crippen LogP contribution in [-0.2, 0) is 4.79 Å². The van der Waals surface area contributed by atoms with E-state index in [1.807, 2.05) is 6.92 Å². The number of benzene rings is 1. The number of rotatable bonds is 6. The summed E-state index contributed by atoms with van der Waals surface area (Å²) < 4.78 is 10.1. The van der Waals surface area contributed by atoms with Gasteiger partial charge in [-0.1, -0.05) is 13.3 Å². The molecule has 0 aliphatic heterocycles. The smallest absolute Gasteiger partial charge is 0.311 e. The summed E-state index contributed by atoms with van der Waals surface area (Å²) in [5.74, 6) is -0.405. The predicted molar refractivity (Wildman–Crippen MR) is 69.2 cm³/mol. The fourth-order valence-electron chi connectivity index (χ4n) is 1.48. The number of hydrogen-bond acceptors (Lipinski definition) is 6. The number of nitro groups is 1. The Morgan fingerprint density at radius 2 is 2.16 bits per heavy atom. The molecule has 0 saturated carbocycles. The van der Waals surface area contributed by atoms with Crippen LogP contribution in [0.2, 0.25) is 0 Å². The molecule has 0 atom stereocenters. The summed E-state index contributed by atoms with van der Waals surface area (Å²) in [6.45, 7) is 1.94. The molecule has 1 rings (SSSR count). The molecule has 0 spiro atoms. The largest absolute Gasteiger partial charge is 0.493 e. The summed E-state index contributed by atoms with van der Waals surface area (Å²) in [6.07, 6.45) is 1.74. The van der Waals surface area contributed by atoms with Gasteiger partial charge < -0.3 is 15.2 Å². The van der Waals surface area contributed by atoms with E-state index >= 15 is 0 Å². The minimum atomic E-state index is -0.641. The fraction of sp³-hybridized carbons (Fsp3) is 0.417. The van der Waals surface area contributed by atoms with Crippen molar-refractivity contribution in [2.45, 2.75) is 26.2 Å². The van der Waals surface area contributed by atoms with Crippen molar-refractivity contribution in [3.8, 4) is 11.5 Å². The number of carbonyl (C=O) groups excluding carboxylic acids is 1. The van der Waals surface area contributed by atoms with E-state index in [0.717, 1.165) is 6.42 Å². The number of nitrogens with two attached hydrogens (primary N) is 1. The van der Waals surface area contributed by atoms with Crippen LogP contribution in [0.4, 0.5) is 11.4 Å². The third-order valence-electron chi connectivity index (χ3n) is 2.50. The Morgan fingerprint density at radius 3 is 2.68 bits per heavy atom. The molecule has 0 unspecified atom stereocenters. The Labute approximate surface area is 110 Å².